The second-order valence-electron chi connectivity index (χ2n) is 6.22. The standard InChI is InChI=1S/C15H23N3O2/c16-15(19)18-10-12(8-11-4-2-1-3-5-11)9-13(18)14-17-6-7-20-14/h6-7,11-13H,1-5,8-10H2,(H2,16,19)/t12?,13-/m0/s1. The number of rotatable bonds is 3. The molecule has 1 aliphatic heterocycles. The fourth-order valence-corrected chi connectivity index (χ4v) is 3.86. The van der Waals surface area contributed by atoms with E-state index in [1.54, 1.807) is 17.4 Å². The predicted molar refractivity (Wildman–Crippen MR) is 74.8 cm³/mol. The minimum absolute atomic E-state index is 0.0731. The van der Waals surface area contributed by atoms with Gasteiger partial charge in [0.15, 0.2) is 0 Å². The molecule has 1 unspecified atom stereocenters. The first kappa shape index (κ1) is 13.5. The summed E-state index contributed by atoms with van der Waals surface area (Å²) in [6.45, 7) is 0.749. The molecule has 2 N–H and O–H groups in total. The molecule has 0 radical (unpaired) electrons. The number of primary amides is 1. The number of amides is 2. The zero-order valence-corrected chi connectivity index (χ0v) is 11.8. The third-order valence-corrected chi connectivity index (χ3v) is 4.80. The maximum Gasteiger partial charge on any atom is 0.315 e. The van der Waals surface area contributed by atoms with Gasteiger partial charge < -0.3 is 15.1 Å². The monoisotopic (exact) mass is 277 g/mol. The molecule has 0 spiro atoms. The van der Waals surface area contributed by atoms with E-state index in [1.807, 2.05) is 0 Å². The molecule has 5 nitrogen and oxygen atoms in total. The summed E-state index contributed by atoms with van der Waals surface area (Å²) >= 11 is 0. The summed E-state index contributed by atoms with van der Waals surface area (Å²) in [7, 11) is 0. The molecule has 1 aromatic heterocycles. The van der Waals surface area contributed by atoms with Gasteiger partial charge in [-0.15, -0.1) is 0 Å². The summed E-state index contributed by atoms with van der Waals surface area (Å²) in [4.78, 5) is 17.5. The first-order chi connectivity index (χ1) is 9.74. The Morgan fingerprint density at radius 1 is 1.35 bits per heavy atom. The topological polar surface area (TPSA) is 72.4 Å². The fraction of sp³-hybridized carbons (Fsp3) is 0.733. The van der Waals surface area contributed by atoms with Crippen LogP contribution in [-0.2, 0) is 0 Å². The number of aromatic nitrogens is 1. The maximum absolute atomic E-state index is 11.6. The molecule has 2 heterocycles. The number of carbonyl (C=O) groups is 1. The van der Waals surface area contributed by atoms with E-state index >= 15 is 0 Å². The lowest BCUT2D eigenvalue weighted by atomic mass is 9.82. The largest absolute Gasteiger partial charge is 0.447 e. The molecule has 5 heteroatoms. The second-order valence-corrected chi connectivity index (χ2v) is 6.22. The Kier molecular flexibility index (Phi) is 3.94. The van der Waals surface area contributed by atoms with E-state index in [2.05, 4.69) is 4.98 Å². The number of likely N-dealkylation sites (tertiary alicyclic amines) is 1. The van der Waals surface area contributed by atoms with Gasteiger partial charge in [-0.05, 0) is 24.7 Å². The van der Waals surface area contributed by atoms with Gasteiger partial charge in [-0.25, -0.2) is 9.78 Å². The summed E-state index contributed by atoms with van der Waals surface area (Å²) in [5.41, 5.74) is 5.51. The van der Waals surface area contributed by atoms with Gasteiger partial charge in [0.2, 0.25) is 5.89 Å². The Morgan fingerprint density at radius 3 is 2.80 bits per heavy atom. The highest BCUT2D eigenvalue weighted by molar-refractivity contribution is 5.72. The van der Waals surface area contributed by atoms with Gasteiger partial charge in [-0.3, -0.25) is 0 Å². The number of nitrogens with two attached hydrogens (primary N) is 1. The van der Waals surface area contributed by atoms with Crippen molar-refractivity contribution in [2.24, 2.45) is 17.6 Å². The first-order valence-corrected chi connectivity index (χ1v) is 7.69. The Hall–Kier alpha value is -1.52. The van der Waals surface area contributed by atoms with Gasteiger partial charge in [-0.1, -0.05) is 32.1 Å². The van der Waals surface area contributed by atoms with Crippen molar-refractivity contribution in [2.45, 2.75) is 51.0 Å². The summed E-state index contributed by atoms with van der Waals surface area (Å²) in [5.74, 6) is 1.98. The molecule has 1 aromatic rings. The minimum Gasteiger partial charge on any atom is -0.447 e. The smallest absolute Gasteiger partial charge is 0.315 e. The third kappa shape index (κ3) is 2.81. The normalized spacial score (nSPS) is 27.9. The zero-order chi connectivity index (χ0) is 13.9. The Morgan fingerprint density at radius 2 is 2.15 bits per heavy atom. The van der Waals surface area contributed by atoms with Crippen LogP contribution in [0.3, 0.4) is 0 Å². The van der Waals surface area contributed by atoms with E-state index < -0.39 is 0 Å². The molecule has 0 aromatic carbocycles. The lowest BCUT2D eigenvalue weighted by Crippen LogP contribution is -2.35. The molecule has 2 amide bonds. The molecule has 110 valence electrons. The van der Waals surface area contributed by atoms with E-state index in [1.165, 1.54) is 38.5 Å². The highest BCUT2D eigenvalue weighted by Gasteiger charge is 2.38. The number of carbonyl (C=O) groups excluding carboxylic acids is 1. The first-order valence-electron chi connectivity index (χ1n) is 7.69. The molecule has 2 fully saturated rings. The molecule has 20 heavy (non-hydrogen) atoms. The lowest BCUT2D eigenvalue weighted by molar-refractivity contribution is 0.192. The molecule has 3 rings (SSSR count). The Bertz CT molecular complexity index is 440. The number of urea groups is 1. The minimum atomic E-state index is -0.362. The molecular formula is C15H23N3O2. The summed E-state index contributed by atoms with van der Waals surface area (Å²) < 4.78 is 5.38. The average molecular weight is 277 g/mol. The molecule has 1 aliphatic carbocycles. The van der Waals surface area contributed by atoms with Crippen molar-refractivity contribution in [1.82, 2.24) is 9.88 Å². The van der Waals surface area contributed by atoms with Crippen molar-refractivity contribution in [1.29, 1.82) is 0 Å². The number of hydrogen-bond acceptors (Lipinski definition) is 3. The van der Waals surface area contributed by atoms with Crippen molar-refractivity contribution in [3.05, 3.63) is 18.4 Å². The number of hydrogen-bond donors (Lipinski definition) is 1. The van der Waals surface area contributed by atoms with Crippen LogP contribution in [-0.4, -0.2) is 22.5 Å². The van der Waals surface area contributed by atoms with Gasteiger partial charge in [0.05, 0.1) is 6.20 Å². The van der Waals surface area contributed by atoms with Crippen molar-refractivity contribution < 1.29 is 9.21 Å². The van der Waals surface area contributed by atoms with Gasteiger partial charge in [0, 0.05) is 6.54 Å². The van der Waals surface area contributed by atoms with Crippen LogP contribution in [0.2, 0.25) is 0 Å². The molecule has 2 atom stereocenters. The Balaban J connectivity index is 1.65. The van der Waals surface area contributed by atoms with Crippen LogP contribution in [0.5, 0.6) is 0 Å². The fourth-order valence-electron chi connectivity index (χ4n) is 3.86. The molecule has 2 aliphatic rings. The zero-order valence-electron chi connectivity index (χ0n) is 11.8. The van der Waals surface area contributed by atoms with Crippen molar-refractivity contribution in [3.8, 4) is 0 Å². The van der Waals surface area contributed by atoms with Crippen LogP contribution in [0, 0.1) is 11.8 Å². The highest BCUT2D eigenvalue weighted by atomic mass is 16.3. The van der Waals surface area contributed by atoms with Gasteiger partial charge >= 0.3 is 6.03 Å². The van der Waals surface area contributed by atoms with E-state index in [9.17, 15) is 4.79 Å². The number of oxazole rings is 1. The highest BCUT2D eigenvalue weighted by Crippen LogP contribution is 2.39. The van der Waals surface area contributed by atoms with Gasteiger partial charge in [0.25, 0.3) is 0 Å². The summed E-state index contributed by atoms with van der Waals surface area (Å²) in [5, 5.41) is 0. The van der Waals surface area contributed by atoms with Crippen molar-refractivity contribution >= 4 is 6.03 Å². The average Bonchev–Trinajstić information content (AvgIpc) is 3.08. The number of nitrogens with zero attached hydrogens (tertiary/aromatic N) is 2. The molecule has 1 saturated heterocycles. The molecule has 1 saturated carbocycles. The molecular weight excluding hydrogens is 254 g/mol. The van der Waals surface area contributed by atoms with Crippen LogP contribution < -0.4 is 5.73 Å². The van der Waals surface area contributed by atoms with Gasteiger partial charge in [-0.2, -0.15) is 0 Å². The van der Waals surface area contributed by atoms with Crippen LogP contribution in [0.1, 0.15) is 56.9 Å². The maximum atomic E-state index is 11.6. The van der Waals surface area contributed by atoms with E-state index in [0.717, 1.165) is 18.9 Å². The molecule has 0 bridgehead atoms. The van der Waals surface area contributed by atoms with E-state index in [4.69, 9.17) is 10.2 Å². The SMILES string of the molecule is NC(=O)N1CC(CC2CCCCC2)C[C@H]1c1ncco1. The van der Waals surface area contributed by atoms with Crippen LogP contribution in [0.25, 0.3) is 0 Å². The van der Waals surface area contributed by atoms with E-state index in [0.29, 0.717) is 11.8 Å². The Labute approximate surface area is 119 Å². The van der Waals surface area contributed by atoms with Crippen molar-refractivity contribution in [2.75, 3.05) is 6.54 Å². The van der Waals surface area contributed by atoms with Crippen LogP contribution in [0.4, 0.5) is 4.79 Å². The third-order valence-electron chi connectivity index (χ3n) is 4.80. The summed E-state index contributed by atoms with van der Waals surface area (Å²) in [6.07, 6.45) is 12.1. The van der Waals surface area contributed by atoms with E-state index in [-0.39, 0.29) is 12.1 Å². The van der Waals surface area contributed by atoms with Crippen LogP contribution in [0.15, 0.2) is 16.9 Å². The predicted octanol–water partition coefficient (Wildman–Crippen LogP) is 3.09. The van der Waals surface area contributed by atoms with Crippen molar-refractivity contribution in [3.63, 3.8) is 0 Å². The second kappa shape index (κ2) is 5.85. The van der Waals surface area contributed by atoms with Crippen LogP contribution >= 0.6 is 0 Å². The van der Waals surface area contributed by atoms with Gasteiger partial charge in [0.1, 0.15) is 12.3 Å². The summed E-state index contributed by atoms with van der Waals surface area (Å²) in [6, 6.07) is -0.435. The quantitative estimate of drug-likeness (QED) is 0.922. The lowest BCUT2D eigenvalue weighted by Gasteiger charge is -2.24.